The van der Waals surface area contributed by atoms with Crippen molar-refractivity contribution in [2.75, 3.05) is 26.7 Å². The first-order valence-corrected chi connectivity index (χ1v) is 7.62. The van der Waals surface area contributed by atoms with E-state index in [-0.39, 0.29) is 17.8 Å². The summed E-state index contributed by atoms with van der Waals surface area (Å²) in [6.07, 6.45) is 3.55. The van der Waals surface area contributed by atoms with Crippen LogP contribution in [0.5, 0.6) is 0 Å². The molecule has 1 saturated heterocycles. The molecular weight excluding hydrogens is 270 g/mol. The lowest BCUT2D eigenvalue weighted by atomic mass is 9.96. The van der Waals surface area contributed by atoms with Crippen LogP contribution in [0.2, 0.25) is 0 Å². The molecule has 116 valence electrons. The second kappa shape index (κ2) is 6.44. The molecule has 1 aliphatic carbocycles. The van der Waals surface area contributed by atoms with Crippen LogP contribution in [0, 0.1) is 23.2 Å². The molecule has 0 spiro atoms. The molecule has 0 bridgehead atoms. The number of quaternary nitrogens is 1. The zero-order chi connectivity index (χ0) is 15.5. The average molecular weight is 294 g/mol. The minimum Gasteiger partial charge on any atom is -0.469 e. The number of hydrogen-bond acceptors (Lipinski definition) is 4. The number of esters is 1. The van der Waals surface area contributed by atoms with Gasteiger partial charge in [-0.1, -0.05) is 0 Å². The van der Waals surface area contributed by atoms with Crippen molar-refractivity contribution in [2.24, 2.45) is 11.8 Å². The molecule has 6 nitrogen and oxygen atoms in total. The van der Waals surface area contributed by atoms with Gasteiger partial charge in [-0.2, -0.15) is 5.26 Å². The monoisotopic (exact) mass is 294 g/mol. The topological polar surface area (TPSA) is 83.6 Å². The molecule has 1 saturated carbocycles. The molecule has 0 radical (unpaired) electrons. The molecule has 2 rings (SSSR count). The van der Waals surface area contributed by atoms with E-state index >= 15 is 0 Å². The van der Waals surface area contributed by atoms with Gasteiger partial charge in [-0.25, -0.2) is 0 Å². The number of amides is 1. The van der Waals surface area contributed by atoms with E-state index in [1.165, 1.54) is 12.0 Å². The molecular formula is C15H24N3O3+. The largest absolute Gasteiger partial charge is 0.469 e. The highest BCUT2D eigenvalue weighted by Crippen LogP contribution is 2.39. The second-order valence-electron chi connectivity index (χ2n) is 6.36. The number of methoxy groups -OCH3 is 1. The summed E-state index contributed by atoms with van der Waals surface area (Å²) in [7, 11) is 1.41. The SMILES string of the molecule is COC(=O)C1CC[NH+](CC(=O)N[C@](C)(C#N)C2CC2)CC1. The van der Waals surface area contributed by atoms with Crippen LogP contribution >= 0.6 is 0 Å². The molecule has 1 atom stereocenters. The maximum absolute atomic E-state index is 12.1. The number of hydrogen-bond donors (Lipinski definition) is 2. The van der Waals surface area contributed by atoms with Crippen LogP contribution in [0.1, 0.15) is 32.6 Å². The first kappa shape index (κ1) is 15.8. The minimum atomic E-state index is -0.721. The lowest BCUT2D eigenvalue weighted by Gasteiger charge is -2.29. The van der Waals surface area contributed by atoms with Gasteiger partial charge in [0.15, 0.2) is 6.54 Å². The van der Waals surface area contributed by atoms with Gasteiger partial charge in [0, 0.05) is 12.8 Å². The van der Waals surface area contributed by atoms with E-state index in [0.717, 1.165) is 38.8 Å². The van der Waals surface area contributed by atoms with Crippen molar-refractivity contribution in [3.8, 4) is 6.07 Å². The van der Waals surface area contributed by atoms with Gasteiger partial charge in [0.05, 0.1) is 32.2 Å². The second-order valence-corrected chi connectivity index (χ2v) is 6.36. The molecule has 0 aromatic rings. The summed E-state index contributed by atoms with van der Waals surface area (Å²) >= 11 is 0. The van der Waals surface area contributed by atoms with E-state index in [9.17, 15) is 14.9 Å². The Bertz CT molecular complexity index is 448. The number of nitrogens with one attached hydrogen (secondary N) is 2. The van der Waals surface area contributed by atoms with Gasteiger partial charge in [-0.15, -0.1) is 0 Å². The molecule has 0 aromatic carbocycles. The van der Waals surface area contributed by atoms with Crippen molar-refractivity contribution in [3.63, 3.8) is 0 Å². The lowest BCUT2D eigenvalue weighted by molar-refractivity contribution is -0.897. The summed E-state index contributed by atoms with van der Waals surface area (Å²) in [6, 6.07) is 2.24. The summed E-state index contributed by atoms with van der Waals surface area (Å²) in [6.45, 7) is 3.76. The Balaban J connectivity index is 1.77. The van der Waals surface area contributed by atoms with Gasteiger partial charge >= 0.3 is 5.97 Å². The van der Waals surface area contributed by atoms with Gasteiger partial charge in [0.1, 0.15) is 5.54 Å². The highest BCUT2D eigenvalue weighted by molar-refractivity contribution is 5.78. The van der Waals surface area contributed by atoms with Crippen LogP contribution < -0.4 is 10.2 Å². The summed E-state index contributed by atoms with van der Waals surface area (Å²) in [5, 5.41) is 12.1. The summed E-state index contributed by atoms with van der Waals surface area (Å²) in [5.41, 5.74) is -0.721. The maximum Gasteiger partial charge on any atom is 0.309 e. The smallest absolute Gasteiger partial charge is 0.309 e. The summed E-state index contributed by atoms with van der Waals surface area (Å²) < 4.78 is 4.76. The van der Waals surface area contributed by atoms with Gasteiger partial charge in [-0.3, -0.25) is 9.59 Å². The number of carbonyl (C=O) groups excluding carboxylic acids is 2. The van der Waals surface area contributed by atoms with Crippen molar-refractivity contribution < 1.29 is 19.2 Å². The van der Waals surface area contributed by atoms with Crippen LogP contribution in [-0.4, -0.2) is 44.2 Å². The molecule has 2 N–H and O–H groups in total. The number of ether oxygens (including phenoxy) is 1. The molecule has 2 fully saturated rings. The van der Waals surface area contributed by atoms with Gasteiger partial charge in [0.2, 0.25) is 0 Å². The maximum atomic E-state index is 12.1. The number of nitrogens with zero attached hydrogens (tertiary/aromatic N) is 1. The fourth-order valence-corrected chi connectivity index (χ4v) is 3.05. The Morgan fingerprint density at radius 2 is 1.95 bits per heavy atom. The highest BCUT2D eigenvalue weighted by Gasteiger charge is 2.43. The molecule has 1 aliphatic heterocycles. The van der Waals surface area contributed by atoms with Crippen molar-refractivity contribution in [1.82, 2.24) is 5.32 Å². The van der Waals surface area contributed by atoms with E-state index in [2.05, 4.69) is 11.4 Å². The lowest BCUT2D eigenvalue weighted by Crippen LogP contribution is -3.14. The van der Waals surface area contributed by atoms with Crippen molar-refractivity contribution in [1.29, 1.82) is 5.26 Å². The summed E-state index contributed by atoms with van der Waals surface area (Å²) in [5.74, 6) is 0.0471. The van der Waals surface area contributed by atoms with E-state index < -0.39 is 5.54 Å². The molecule has 21 heavy (non-hydrogen) atoms. The van der Waals surface area contributed by atoms with Gasteiger partial charge in [-0.05, 0) is 25.7 Å². The number of likely N-dealkylation sites (tertiary alicyclic amines) is 1. The zero-order valence-electron chi connectivity index (χ0n) is 12.8. The van der Waals surface area contributed by atoms with E-state index in [0.29, 0.717) is 12.5 Å². The van der Waals surface area contributed by atoms with Crippen LogP contribution in [0.4, 0.5) is 0 Å². The summed E-state index contributed by atoms with van der Waals surface area (Å²) in [4.78, 5) is 24.7. The predicted octanol–water partition coefficient (Wildman–Crippen LogP) is -0.737. The van der Waals surface area contributed by atoms with E-state index in [1.54, 1.807) is 6.92 Å². The first-order chi connectivity index (χ1) is 9.98. The van der Waals surface area contributed by atoms with Crippen LogP contribution in [0.15, 0.2) is 0 Å². The fraction of sp³-hybridized carbons (Fsp3) is 0.800. The third kappa shape index (κ3) is 3.94. The first-order valence-electron chi connectivity index (χ1n) is 7.62. The molecule has 0 unspecified atom stereocenters. The third-order valence-corrected chi connectivity index (χ3v) is 4.66. The Labute approximate surface area is 125 Å². The van der Waals surface area contributed by atoms with Gasteiger partial charge < -0.3 is 15.0 Å². The molecule has 6 heteroatoms. The minimum absolute atomic E-state index is 0.0300. The van der Waals surface area contributed by atoms with Crippen molar-refractivity contribution in [3.05, 3.63) is 0 Å². The number of piperidine rings is 1. The number of carbonyl (C=O) groups is 2. The third-order valence-electron chi connectivity index (χ3n) is 4.66. The van der Waals surface area contributed by atoms with Gasteiger partial charge in [0.25, 0.3) is 5.91 Å². The standard InChI is InChI=1S/C15H23N3O3/c1-15(10-16,12-3-4-12)17-13(19)9-18-7-5-11(6-8-18)14(20)21-2/h11-12H,3-9H2,1-2H3,(H,17,19)/p+1/t15-/m1/s1. The number of rotatable bonds is 5. The van der Waals surface area contributed by atoms with Crippen LogP contribution in [0.25, 0.3) is 0 Å². The quantitative estimate of drug-likeness (QED) is 0.654. The average Bonchev–Trinajstić information content (AvgIpc) is 3.32. The normalized spacial score (nSPS) is 28.0. The molecule has 0 aromatic heterocycles. The van der Waals surface area contributed by atoms with Crippen LogP contribution in [0.3, 0.4) is 0 Å². The van der Waals surface area contributed by atoms with E-state index in [1.807, 2.05) is 0 Å². The Morgan fingerprint density at radius 1 is 1.33 bits per heavy atom. The molecule has 1 amide bonds. The number of nitriles is 1. The van der Waals surface area contributed by atoms with Crippen LogP contribution in [-0.2, 0) is 14.3 Å². The van der Waals surface area contributed by atoms with Crippen molar-refractivity contribution >= 4 is 11.9 Å². The van der Waals surface area contributed by atoms with Crippen molar-refractivity contribution in [2.45, 2.75) is 38.1 Å². The molecule has 1 heterocycles. The molecule has 2 aliphatic rings. The van der Waals surface area contributed by atoms with E-state index in [4.69, 9.17) is 4.74 Å². The predicted molar refractivity (Wildman–Crippen MR) is 75.2 cm³/mol. The fourth-order valence-electron chi connectivity index (χ4n) is 3.05. The highest BCUT2D eigenvalue weighted by atomic mass is 16.5. The Morgan fingerprint density at radius 3 is 2.43 bits per heavy atom. The Hall–Kier alpha value is -1.61. The Kier molecular flexibility index (Phi) is 4.84. The zero-order valence-corrected chi connectivity index (χ0v) is 12.8.